The molecule has 1 N–H and O–H groups in total. The van der Waals surface area contributed by atoms with Gasteiger partial charge in [-0.2, -0.15) is 0 Å². The molecule has 0 radical (unpaired) electrons. The van der Waals surface area contributed by atoms with Crippen LogP contribution in [0.5, 0.6) is 0 Å². The first-order chi connectivity index (χ1) is 33.4. The molecule has 0 bridgehead atoms. The van der Waals surface area contributed by atoms with Crippen LogP contribution in [0, 0.1) is 11.8 Å². The maximum atomic E-state index is 13.5. The molecular weight excluding hydrogens is 875 g/mol. The van der Waals surface area contributed by atoms with Gasteiger partial charge in [0.2, 0.25) is 5.95 Å². The number of amides is 3. The van der Waals surface area contributed by atoms with Gasteiger partial charge in [0.15, 0.2) is 5.78 Å². The predicted octanol–water partition coefficient (Wildman–Crippen LogP) is 4.21. The van der Waals surface area contributed by atoms with Gasteiger partial charge in [0.25, 0.3) is 17.7 Å². The molecule has 1 unspecified atom stereocenters. The van der Waals surface area contributed by atoms with Gasteiger partial charge in [-0.25, -0.2) is 9.67 Å². The number of benzene rings is 2. The Kier molecular flexibility index (Phi) is 11.9. The predicted molar refractivity (Wildman–Crippen MR) is 260 cm³/mol. The molecule has 2 atom stereocenters. The van der Waals surface area contributed by atoms with E-state index < -0.39 is 17.9 Å². The molecule has 0 spiro atoms. The van der Waals surface area contributed by atoms with Gasteiger partial charge in [0.05, 0.1) is 48.0 Å². The molecule has 1 saturated carbocycles. The van der Waals surface area contributed by atoms with Crippen LogP contribution in [0.25, 0.3) is 0 Å². The second-order valence-corrected chi connectivity index (χ2v) is 20.1. The number of anilines is 4. The van der Waals surface area contributed by atoms with E-state index in [-0.39, 0.29) is 36.7 Å². The Morgan fingerprint density at radius 1 is 0.812 bits per heavy atom. The average molecular weight is 934 g/mol. The van der Waals surface area contributed by atoms with Crippen molar-refractivity contribution >= 4 is 58.1 Å². The van der Waals surface area contributed by atoms with Crippen LogP contribution in [0.15, 0.2) is 71.0 Å². The van der Waals surface area contributed by atoms with Crippen LogP contribution in [-0.4, -0.2) is 153 Å². The summed E-state index contributed by atoms with van der Waals surface area (Å²) in [4.78, 5) is 87.4. The number of likely N-dealkylation sites (tertiary alicyclic amines) is 1. The zero-order valence-electron chi connectivity index (χ0n) is 39.6. The second-order valence-electron chi connectivity index (χ2n) is 20.1. The van der Waals surface area contributed by atoms with E-state index in [4.69, 9.17) is 9.98 Å². The van der Waals surface area contributed by atoms with Crippen molar-refractivity contribution in [3.8, 4) is 0 Å². The number of rotatable bonds is 10. The number of hydrogen-bond donors (Lipinski definition) is 1. The number of carbonyl (C=O) groups is 5. The Labute approximate surface area is 401 Å². The number of aromatic nitrogens is 5. The first-order valence-corrected chi connectivity index (χ1v) is 24.6. The Balaban J connectivity index is 0.634. The smallest absolute Gasteiger partial charge is 0.262 e. The lowest BCUT2D eigenvalue weighted by molar-refractivity contribution is -0.132. The quantitative estimate of drug-likeness (QED) is 0.176. The van der Waals surface area contributed by atoms with Gasteiger partial charge in [0.1, 0.15) is 11.6 Å². The Hall–Kier alpha value is -6.66. The van der Waals surface area contributed by atoms with Gasteiger partial charge < -0.3 is 24.9 Å². The molecule has 1 aliphatic carbocycles. The molecule has 2 aromatic carbocycles. The third-order valence-electron chi connectivity index (χ3n) is 15.8. The number of carbonyl (C=O) groups excluding carboxylic acids is 5. The zero-order chi connectivity index (χ0) is 47.5. The van der Waals surface area contributed by atoms with E-state index in [9.17, 15) is 24.0 Å². The van der Waals surface area contributed by atoms with Gasteiger partial charge in [-0.3, -0.25) is 38.8 Å². The summed E-state index contributed by atoms with van der Waals surface area (Å²) in [7, 11) is 1.86. The van der Waals surface area contributed by atoms with E-state index in [1.807, 2.05) is 61.5 Å². The van der Waals surface area contributed by atoms with Crippen LogP contribution >= 0.6 is 0 Å². The molecular formula is C51H59N13O5. The molecule has 11 rings (SSSR count). The number of pyridine rings is 1. The highest BCUT2D eigenvalue weighted by Crippen LogP contribution is 2.35. The topological polar surface area (TPSA) is 186 Å². The molecule has 3 saturated heterocycles. The number of fused-ring (bicyclic) bond motifs is 3. The number of tetrazole rings is 1. The van der Waals surface area contributed by atoms with Crippen LogP contribution < -0.4 is 20.0 Å². The minimum absolute atomic E-state index is 0.132. The second kappa shape index (κ2) is 18.3. The van der Waals surface area contributed by atoms with Crippen molar-refractivity contribution in [3.63, 3.8) is 0 Å². The molecule has 358 valence electrons. The first kappa shape index (κ1) is 44.8. The molecule has 18 heteroatoms. The third-order valence-corrected chi connectivity index (χ3v) is 15.8. The number of aliphatic imine (C=N–C) groups is 1. The van der Waals surface area contributed by atoms with Crippen LogP contribution in [0.2, 0.25) is 0 Å². The van der Waals surface area contributed by atoms with Crippen LogP contribution in [0.3, 0.4) is 0 Å². The van der Waals surface area contributed by atoms with Crippen LogP contribution in [0.1, 0.15) is 96.2 Å². The molecule has 4 fully saturated rings. The summed E-state index contributed by atoms with van der Waals surface area (Å²) in [5.74, 6) is 1.35. The van der Waals surface area contributed by atoms with Gasteiger partial charge in [-0.15, -0.1) is 0 Å². The van der Waals surface area contributed by atoms with E-state index in [1.54, 1.807) is 10.7 Å². The highest BCUT2D eigenvalue weighted by Gasteiger charge is 2.45. The van der Waals surface area contributed by atoms with Crippen molar-refractivity contribution in [2.24, 2.45) is 16.8 Å². The molecule has 4 aromatic rings. The van der Waals surface area contributed by atoms with Crippen molar-refractivity contribution in [2.75, 3.05) is 86.0 Å². The molecule has 2 aromatic heterocycles. The maximum Gasteiger partial charge on any atom is 0.262 e. The van der Waals surface area contributed by atoms with Gasteiger partial charge in [-0.05, 0) is 129 Å². The molecule has 7 aliphatic rings. The number of nitrogens with one attached hydrogen (secondary N) is 1. The maximum absolute atomic E-state index is 13.5. The number of allylic oxidation sites excluding steroid dienone is 1. The fraction of sp³-hybridized carbons (Fsp3) is 0.490. The summed E-state index contributed by atoms with van der Waals surface area (Å²) >= 11 is 0. The summed E-state index contributed by atoms with van der Waals surface area (Å²) in [5.41, 5.74) is 7.84. The Bertz CT molecular complexity index is 2800. The molecule has 8 heterocycles. The van der Waals surface area contributed by atoms with E-state index in [0.717, 1.165) is 116 Å². The van der Waals surface area contributed by atoms with E-state index in [0.29, 0.717) is 59.3 Å². The number of nitrogens with zero attached hydrogens (tertiary/aromatic N) is 12. The lowest BCUT2D eigenvalue weighted by Gasteiger charge is -2.43. The molecule has 69 heavy (non-hydrogen) atoms. The number of imide groups is 1. The molecule has 3 amide bonds. The number of ketones is 2. The van der Waals surface area contributed by atoms with Crippen LogP contribution in [-0.2, 0) is 27.5 Å². The fourth-order valence-corrected chi connectivity index (χ4v) is 11.6. The molecule has 18 nitrogen and oxygen atoms in total. The highest BCUT2D eigenvalue weighted by atomic mass is 16.2. The SMILES string of the molecule is CC1=C(C(=O)Nc2ccc3c(c2)C(c2ccnc(N4CCN(CC5CCN(CC6CCN(c7ccc8c(c7)C(=O)N(C7CCC(=O)CC7=O)C8=O)CC6)CC5)[C@@H](C)C4)c2)=NC3)Cn2nnnc2N1C. The molecule has 6 aliphatic heterocycles. The van der Waals surface area contributed by atoms with Gasteiger partial charge in [0, 0.05) is 99.7 Å². The minimum atomic E-state index is -0.851. The van der Waals surface area contributed by atoms with E-state index in [2.05, 4.69) is 53.4 Å². The number of Topliss-reactive ketones (excluding diaryl/α,β-unsaturated/α-hetero) is 2. The lowest BCUT2D eigenvalue weighted by Crippen LogP contribution is -2.54. The lowest BCUT2D eigenvalue weighted by atomic mass is 9.91. The monoisotopic (exact) mass is 933 g/mol. The van der Waals surface area contributed by atoms with Crippen molar-refractivity contribution in [1.82, 2.24) is 39.9 Å². The Morgan fingerprint density at radius 3 is 2.39 bits per heavy atom. The average Bonchev–Trinajstić information content (AvgIpc) is 4.08. The standard InChI is InChI=1S/C51H59N13O5/c1-31-27-62(46-22-35(10-15-52-46)47-41-23-37(5-4-36(41)26-53-47)54-48(67)43-30-63-51(55-56-57-63)58(3)32(43)2)21-20-61(31)29-34-11-16-59(17-12-34)28-33-13-18-60(19-14-33)38-6-8-40-42(24-38)50(69)64(49(40)68)44-9-7-39(65)25-45(44)66/h4-6,8,10,15,22-24,31,33-34,44H,7,9,11-14,16-21,25-30H2,1-3H3,(H,54,67)/t31-,44?/m0/s1. The van der Waals surface area contributed by atoms with E-state index >= 15 is 0 Å². The number of piperazine rings is 1. The minimum Gasteiger partial charge on any atom is -0.371 e. The van der Waals surface area contributed by atoms with Crippen LogP contribution in [0.4, 0.5) is 23.1 Å². The zero-order valence-corrected chi connectivity index (χ0v) is 39.6. The van der Waals surface area contributed by atoms with Crippen molar-refractivity contribution < 1.29 is 24.0 Å². The number of hydrogen-bond acceptors (Lipinski definition) is 15. The summed E-state index contributed by atoms with van der Waals surface area (Å²) in [6, 6.07) is 15.2. The largest absolute Gasteiger partial charge is 0.371 e. The van der Waals surface area contributed by atoms with E-state index in [1.165, 1.54) is 12.8 Å². The van der Waals surface area contributed by atoms with Crippen molar-refractivity contribution in [3.05, 3.63) is 93.8 Å². The summed E-state index contributed by atoms with van der Waals surface area (Å²) in [6.45, 7) is 14.2. The van der Waals surface area contributed by atoms with Gasteiger partial charge >= 0.3 is 0 Å². The highest BCUT2D eigenvalue weighted by molar-refractivity contribution is 6.24. The summed E-state index contributed by atoms with van der Waals surface area (Å²) < 4.78 is 1.62. The summed E-state index contributed by atoms with van der Waals surface area (Å²) in [6.07, 6.45) is 6.67. The fourth-order valence-electron chi connectivity index (χ4n) is 11.6. The third kappa shape index (κ3) is 8.62. The number of piperidine rings is 2. The normalized spacial score (nSPS) is 22.9. The first-order valence-electron chi connectivity index (χ1n) is 24.6. The van der Waals surface area contributed by atoms with Crippen molar-refractivity contribution in [2.45, 2.75) is 84.0 Å². The summed E-state index contributed by atoms with van der Waals surface area (Å²) in [5, 5.41) is 15.0. The van der Waals surface area contributed by atoms with Gasteiger partial charge in [-0.1, -0.05) is 11.2 Å². The van der Waals surface area contributed by atoms with Crippen molar-refractivity contribution in [1.29, 1.82) is 0 Å². The Morgan fingerprint density at radius 2 is 1.59 bits per heavy atom.